The minimum Gasteiger partial charge on any atom is -0.354 e. The molecular weight excluding hydrogens is 271 g/mol. The van der Waals surface area contributed by atoms with Gasteiger partial charge in [0.2, 0.25) is 0 Å². The van der Waals surface area contributed by atoms with Gasteiger partial charge in [0, 0.05) is 19.2 Å². The van der Waals surface area contributed by atoms with Gasteiger partial charge < -0.3 is 9.64 Å². The third kappa shape index (κ3) is 3.60. The molecule has 0 N–H and O–H groups in total. The molecular formula is C14H14F3NO2. The second-order valence-electron chi connectivity index (χ2n) is 4.47. The molecule has 1 fully saturated rings. The highest BCUT2D eigenvalue weighted by Gasteiger charge is 2.30. The first-order valence-electron chi connectivity index (χ1n) is 6.16. The van der Waals surface area contributed by atoms with E-state index in [1.54, 1.807) is 12.3 Å². The Bertz CT molecular complexity index is 499. The minimum atomic E-state index is -4.34. The van der Waals surface area contributed by atoms with E-state index in [4.69, 9.17) is 4.74 Å². The molecule has 0 aliphatic carbocycles. The molecule has 2 rings (SSSR count). The van der Waals surface area contributed by atoms with Crippen molar-refractivity contribution in [2.24, 2.45) is 0 Å². The molecule has 108 valence electrons. The van der Waals surface area contributed by atoms with Crippen molar-refractivity contribution in [2.75, 3.05) is 6.54 Å². The molecule has 1 heterocycles. The van der Waals surface area contributed by atoms with Crippen LogP contribution in [-0.2, 0) is 22.3 Å². The summed E-state index contributed by atoms with van der Waals surface area (Å²) in [6, 6.07) is 5.09. The van der Waals surface area contributed by atoms with Gasteiger partial charge in [-0.25, -0.2) is 0 Å². The van der Waals surface area contributed by atoms with E-state index in [1.165, 1.54) is 12.1 Å². The lowest BCUT2D eigenvalue weighted by atomic mass is 10.1. The Morgan fingerprint density at radius 1 is 1.40 bits per heavy atom. The van der Waals surface area contributed by atoms with Crippen LogP contribution in [0.4, 0.5) is 13.2 Å². The first-order valence-corrected chi connectivity index (χ1v) is 6.16. The number of likely N-dealkylation sites (tertiary alicyclic amines) is 1. The van der Waals surface area contributed by atoms with Gasteiger partial charge in [-0.2, -0.15) is 13.2 Å². The molecule has 0 bridgehead atoms. The predicted molar refractivity (Wildman–Crippen MR) is 66.5 cm³/mol. The molecule has 0 aromatic heterocycles. The zero-order valence-electron chi connectivity index (χ0n) is 10.6. The van der Waals surface area contributed by atoms with E-state index in [9.17, 15) is 18.0 Å². The van der Waals surface area contributed by atoms with Gasteiger partial charge in [0.1, 0.15) is 12.5 Å². The number of carbonyl (C=O) groups excluding carboxylic acids is 1. The summed E-state index contributed by atoms with van der Waals surface area (Å²) in [5, 5.41) is 0. The number of hydrogen-bond donors (Lipinski definition) is 0. The van der Waals surface area contributed by atoms with Gasteiger partial charge in [-0.05, 0) is 23.8 Å². The van der Waals surface area contributed by atoms with Gasteiger partial charge in [0.25, 0.3) is 0 Å². The first kappa shape index (κ1) is 14.6. The predicted octanol–water partition coefficient (Wildman–Crippen LogP) is 2.97. The molecule has 0 amide bonds. The Labute approximate surface area is 114 Å². The molecule has 6 heteroatoms. The Morgan fingerprint density at radius 3 is 2.80 bits per heavy atom. The van der Waals surface area contributed by atoms with Crippen LogP contribution in [0.2, 0.25) is 0 Å². The van der Waals surface area contributed by atoms with E-state index < -0.39 is 11.7 Å². The second kappa shape index (κ2) is 6.09. The molecule has 1 unspecified atom stereocenters. The SMILES string of the molecule is O=CC=CN1CCC1OCc1cccc(C(F)(F)F)c1. The number of rotatable bonds is 5. The van der Waals surface area contributed by atoms with Crippen molar-refractivity contribution in [2.45, 2.75) is 25.4 Å². The Hall–Kier alpha value is -1.82. The number of alkyl halides is 3. The maximum absolute atomic E-state index is 12.6. The molecule has 1 aliphatic rings. The van der Waals surface area contributed by atoms with Crippen LogP contribution in [0, 0.1) is 0 Å². The van der Waals surface area contributed by atoms with E-state index in [-0.39, 0.29) is 12.8 Å². The van der Waals surface area contributed by atoms with Crippen LogP contribution in [0.25, 0.3) is 0 Å². The molecule has 1 aliphatic heterocycles. The molecule has 20 heavy (non-hydrogen) atoms. The van der Waals surface area contributed by atoms with Crippen molar-refractivity contribution in [1.29, 1.82) is 0 Å². The fourth-order valence-corrected chi connectivity index (χ4v) is 1.91. The summed E-state index contributed by atoms with van der Waals surface area (Å²) >= 11 is 0. The van der Waals surface area contributed by atoms with Crippen LogP contribution in [0.5, 0.6) is 0 Å². The number of hydrogen-bond acceptors (Lipinski definition) is 3. The lowest BCUT2D eigenvalue weighted by molar-refractivity contribution is -0.137. The quantitative estimate of drug-likeness (QED) is 0.615. The number of allylic oxidation sites excluding steroid dienone is 1. The van der Waals surface area contributed by atoms with Crippen LogP contribution in [0.3, 0.4) is 0 Å². The number of ether oxygens (including phenoxy) is 1. The molecule has 0 radical (unpaired) electrons. The summed E-state index contributed by atoms with van der Waals surface area (Å²) in [6.07, 6.45) is -0.0800. The van der Waals surface area contributed by atoms with Gasteiger partial charge in [-0.1, -0.05) is 12.1 Å². The van der Waals surface area contributed by atoms with Gasteiger partial charge in [0.15, 0.2) is 0 Å². The third-order valence-electron chi connectivity index (χ3n) is 3.06. The second-order valence-corrected chi connectivity index (χ2v) is 4.47. The number of benzene rings is 1. The Morgan fingerprint density at radius 2 is 2.20 bits per heavy atom. The van der Waals surface area contributed by atoms with Crippen LogP contribution in [0.15, 0.2) is 36.5 Å². The lowest BCUT2D eigenvalue weighted by Gasteiger charge is -2.39. The molecule has 3 nitrogen and oxygen atoms in total. The molecule has 0 spiro atoms. The average Bonchev–Trinajstić information content (AvgIpc) is 2.37. The fourth-order valence-electron chi connectivity index (χ4n) is 1.91. The summed E-state index contributed by atoms with van der Waals surface area (Å²) in [4.78, 5) is 12.0. The van der Waals surface area contributed by atoms with Gasteiger partial charge in [0.05, 0.1) is 12.2 Å². The normalized spacial score (nSPS) is 19.1. The molecule has 0 saturated carbocycles. The van der Waals surface area contributed by atoms with Gasteiger partial charge in [-0.15, -0.1) is 0 Å². The van der Waals surface area contributed by atoms with E-state index in [0.717, 1.165) is 25.1 Å². The summed E-state index contributed by atoms with van der Waals surface area (Å²) in [5.74, 6) is 0. The zero-order valence-corrected chi connectivity index (χ0v) is 10.6. The van der Waals surface area contributed by atoms with E-state index in [0.29, 0.717) is 11.8 Å². The fraction of sp³-hybridized carbons (Fsp3) is 0.357. The van der Waals surface area contributed by atoms with Crippen LogP contribution < -0.4 is 0 Å². The summed E-state index contributed by atoms with van der Waals surface area (Å²) in [7, 11) is 0. The number of halogens is 3. The largest absolute Gasteiger partial charge is 0.416 e. The zero-order chi connectivity index (χ0) is 14.6. The van der Waals surface area contributed by atoms with Crippen molar-refractivity contribution in [3.8, 4) is 0 Å². The van der Waals surface area contributed by atoms with E-state index >= 15 is 0 Å². The number of carbonyl (C=O) groups is 1. The molecule has 1 aromatic rings. The molecule has 1 saturated heterocycles. The summed E-state index contributed by atoms with van der Waals surface area (Å²) in [6.45, 7) is 0.887. The van der Waals surface area contributed by atoms with Crippen LogP contribution in [-0.4, -0.2) is 24.0 Å². The molecule has 1 aromatic carbocycles. The molecule has 1 atom stereocenters. The van der Waals surface area contributed by atoms with Crippen molar-refractivity contribution in [3.05, 3.63) is 47.7 Å². The standard InChI is InChI=1S/C14H14F3NO2/c15-14(16,17)12-4-1-3-11(9-12)10-20-13-5-7-18(13)6-2-8-19/h1-4,6,8-9,13H,5,7,10H2. The van der Waals surface area contributed by atoms with Gasteiger partial charge >= 0.3 is 6.18 Å². The highest BCUT2D eigenvalue weighted by molar-refractivity contribution is 5.64. The van der Waals surface area contributed by atoms with Crippen molar-refractivity contribution in [3.63, 3.8) is 0 Å². The number of aldehydes is 1. The maximum Gasteiger partial charge on any atom is 0.416 e. The number of nitrogens with zero attached hydrogens (tertiary/aromatic N) is 1. The van der Waals surface area contributed by atoms with Crippen molar-refractivity contribution in [1.82, 2.24) is 4.90 Å². The monoisotopic (exact) mass is 285 g/mol. The first-order chi connectivity index (χ1) is 9.50. The summed E-state index contributed by atoms with van der Waals surface area (Å²) < 4.78 is 43.2. The van der Waals surface area contributed by atoms with Crippen LogP contribution >= 0.6 is 0 Å². The maximum atomic E-state index is 12.6. The summed E-state index contributed by atoms with van der Waals surface area (Å²) in [5.41, 5.74) is -0.198. The van der Waals surface area contributed by atoms with Gasteiger partial charge in [-0.3, -0.25) is 4.79 Å². The smallest absolute Gasteiger partial charge is 0.354 e. The Balaban J connectivity index is 1.91. The van der Waals surface area contributed by atoms with E-state index in [1.807, 2.05) is 4.90 Å². The van der Waals surface area contributed by atoms with Crippen LogP contribution in [0.1, 0.15) is 17.5 Å². The minimum absolute atomic E-state index is 0.111. The van der Waals surface area contributed by atoms with Crippen molar-refractivity contribution >= 4 is 6.29 Å². The Kier molecular flexibility index (Phi) is 4.44. The van der Waals surface area contributed by atoms with E-state index in [2.05, 4.69) is 0 Å². The van der Waals surface area contributed by atoms with Crippen molar-refractivity contribution < 1.29 is 22.7 Å². The topological polar surface area (TPSA) is 29.5 Å². The third-order valence-corrected chi connectivity index (χ3v) is 3.06. The highest BCUT2D eigenvalue weighted by Crippen LogP contribution is 2.30. The lowest BCUT2D eigenvalue weighted by Crippen LogP contribution is -2.45. The average molecular weight is 285 g/mol. The highest BCUT2D eigenvalue weighted by atomic mass is 19.4.